The number of carboxylic acids is 1. The fourth-order valence-electron chi connectivity index (χ4n) is 3.90. The van der Waals surface area contributed by atoms with Gasteiger partial charge in [-0.2, -0.15) is 13.2 Å². The van der Waals surface area contributed by atoms with Crippen molar-refractivity contribution in [2.45, 2.75) is 38.0 Å². The maximum atomic E-state index is 13.5. The largest absolute Gasteiger partial charge is 0.477 e. The lowest BCUT2D eigenvalue weighted by atomic mass is 9.84. The number of halogens is 3. The van der Waals surface area contributed by atoms with Gasteiger partial charge >= 0.3 is 12.1 Å². The predicted molar refractivity (Wildman–Crippen MR) is 105 cm³/mol. The molecule has 0 radical (unpaired) electrons. The maximum Gasteiger partial charge on any atom is 0.392 e. The molecule has 0 amide bonds. The zero-order valence-corrected chi connectivity index (χ0v) is 16.3. The summed E-state index contributed by atoms with van der Waals surface area (Å²) in [4.78, 5) is 12.0. The van der Waals surface area contributed by atoms with Crippen LogP contribution < -0.4 is 0 Å². The Hall–Kier alpha value is -2.30. The Morgan fingerprint density at radius 2 is 1.90 bits per heavy atom. The van der Waals surface area contributed by atoms with Crippen LogP contribution in [0.3, 0.4) is 0 Å². The molecule has 0 aliphatic heterocycles. The van der Waals surface area contributed by atoms with Crippen LogP contribution in [-0.4, -0.2) is 28.5 Å². The van der Waals surface area contributed by atoms with Crippen LogP contribution in [0.4, 0.5) is 13.2 Å². The van der Waals surface area contributed by atoms with Crippen LogP contribution in [0.15, 0.2) is 42.5 Å². The second kappa shape index (κ2) is 9.02. The van der Waals surface area contributed by atoms with Gasteiger partial charge in [-0.3, -0.25) is 0 Å². The first-order valence-corrected chi connectivity index (χ1v) is 10.2. The van der Waals surface area contributed by atoms with Crippen LogP contribution in [-0.2, 0) is 6.42 Å². The minimum absolute atomic E-state index is 0.219. The van der Waals surface area contributed by atoms with Gasteiger partial charge in [0.05, 0.1) is 17.9 Å². The van der Waals surface area contributed by atoms with Crippen LogP contribution in [0.5, 0.6) is 0 Å². The maximum absolute atomic E-state index is 13.5. The van der Waals surface area contributed by atoms with E-state index in [0.29, 0.717) is 18.4 Å². The van der Waals surface area contributed by atoms with E-state index in [4.69, 9.17) is 5.11 Å². The molecule has 0 bridgehead atoms. The molecule has 1 aromatic heterocycles. The van der Waals surface area contributed by atoms with Crippen molar-refractivity contribution in [3.05, 3.63) is 57.8 Å². The number of rotatable bonds is 5. The van der Waals surface area contributed by atoms with E-state index < -0.39 is 36.0 Å². The van der Waals surface area contributed by atoms with Gasteiger partial charge in [0.2, 0.25) is 0 Å². The average Bonchev–Trinajstić information content (AvgIpc) is 3.26. The lowest BCUT2D eigenvalue weighted by Gasteiger charge is -2.24. The van der Waals surface area contributed by atoms with Crippen molar-refractivity contribution in [2.24, 2.45) is 17.8 Å². The van der Waals surface area contributed by atoms with Crippen molar-refractivity contribution >= 4 is 17.3 Å². The van der Waals surface area contributed by atoms with E-state index in [9.17, 15) is 23.1 Å². The molecular formula is C22H21F3O3S. The average molecular weight is 422 g/mol. The second-order valence-electron chi connectivity index (χ2n) is 7.24. The number of hydrogen-bond acceptors (Lipinski definition) is 3. The van der Waals surface area contributed by atoms with Crippen LogP contribution in [0.1, 0.15) is 39.4 Å². The van der Waals surface area contributed by atoms with Crippen molar-refractivity contribution in [3.8, 4) is 11.8 Å². The predicted octanol–water partition coefficient (Wildman–Crippen LogP) is 5.00. The Labute approximate surface area is 171 Å². The summed E-state index contributed by atoms with van der Waals surface area (Å²) in [6.07, 6.45) is -4.56. The first kappa shape index (κ1) is 21.4. The third-order valence-electron chi connectivity index (χ3n) is 5.30. The van der Waals surface area contributed by atoms with E-state index in [1.54, 1.807) is 30.3 Å². The van der Waals surface area contributed by atoms with Gasteiger partial charge in [-0.15, -0.1) is 11.3 Å². The van der Waals surface area contributed by atoms with Gasteiger partial charge in [0.15, 0.2) is 0 Å². The highest BCUT2D eigenvalue weighted by molar-refractivity contribution is 7.13. The number of alkyl halides is 3. The number of carbonyl (C=O) groups is 1. The molecule has 1 saturated carbocycles. The van der Waals surface area contributed by atoms with E-state index in [2.05, 4.69) is 11.8 Å². The first-order valence-electron chi connectivity index (χ1n) is 9.39. The zero-order valence-electron chi connectivity index (χ0n) is 15.5. The van der Waals surface area contributed by atoms with E-state index in [-0.39, 0.29) is 17.7 Å². The number of thiophene rings is 1. The standard InChI is InChI=1S/C22H21F3O3S/c23-22(24,25)18-13-19(26)17(11-9-14-5-2-1-3-6-14)16(18)8-4-7-15-10-12-20(29-15)21(27)28/h1-3,5-6,10,12,16-19,26H,4,7-8,13H2,(H,27,28)/t16-,17-,18?,19-/m1/s1. The molecule has 1 aliphatic carbocycles. The van der Waals surface area contributed by atoms with Crippen LogP contribution in [0.2, 0.25) is 0 Å². The third kappa shape index (κ3) is 5.40. The summed E-state index contributed by atoms with van der Waals surface area (Å²) >= 11 is 1.14. The summed E-state index contributed by atoms with van der Waals surface area (Å²) < 4.78 is 40.6. The molecule has 1 aromatic carbocycles. The smallest absolute Gasteiger partial charge is 0.392 e. The summed E-state index contributed by atoms with van der Waals surface area (Å²) in [5.41, 5.74) is 0.702. The summed E-state index contributed by atoms with van der Waals surface area (Å²) in [5, 5.41) is 19.3. The van der Waals surface area contributed by atoms with Crippen LogP contribution >= 0.6 is 11.3 Å². The van der Waals surface area contributed by atoms with Gasteiger partial charge in [0.25, 0.3) is 0 Å². The normalized spacial score (nSPS) is 24.1. The first-order chi connectivity index (χ1) is 13.8. The molecule has 0 saturated heterocycles. The quantitative estimate of drug-likeness (QED) is 0.667. The zero-order chi connectivity index (χ0) is 21.0. The summed E-state index contributed by atoms with van der Waals surface area (Å²) in [6, 6.07) is 12.2. The Balaban J connectivity index is 1.72. The van der Waals surface area contributed by atoms with Gasteiger partial charge in [-0.1, -0.05) is 30.0 Å². The molecule has 1 fully saturated rings. The lowest BCUT2D eigenvalue weighted by molar-refractivity contribution is -0.185. The Bertz CT molecular complexity index is 895. The van der Waals surface area contributed by atoms with Gasteiger partial charge in [0, 0.05) is 10.4 Å². The summed E-state index contributed by atoms with van der Waals surface area (Å²) in [7, 11) is 0. The fraction of sp³-hybridized carbons (Fsp3) is 0.409. The fourth-order valence-corrected chi connectivity index (χ4v) is 4.79. The molecule has 1 aliphatic rings. The number of carboxylic acid groups (broad SMARTS) is 1. The number of aliphatic hydroxyl groups excluding tert-OH is 1. The highest BCUT2D eigenvalue weighted by Crippen LogP contribution is 2.48. The molecule has 4 atom stereocenters. The van der Waals surface area contributed by atoms with Crippen molar-refractivity contribution in [1.82, 2.24) is 0 Å². The summed E-state index contributed by atoms with van der Waals surface area (Å²) in [6.45, 7) is 0. The lowest BCUT2D eigenvalue weighted by Crippen LogP contribution is -2.28. The number of aliphatic hydroxyl groups is 1. The van der Waals surface area contributed by atoms with Crippen molar-refractivity contribution in [2.75, 3.05) is 0 Å². The SMILES string of the molecule is O=C(O)c1ccc(CCC[C@H]2C(C(F)(F)F)C[C@@H](O)[C@@H]2C#Cc2ccccc2)s1. The molecule has 154 valence electrons. The van der Waals surface area contributed by atoms with Crippen LogP contribution in [0.25, 0.3) is 0 Å². The molecule has 3 rings (SSSR count). The number of benzene rings is 1. The van der Waals surface area contributed by atoms with Crippen LogP contribution in [0, 0.1) is 29.6 Å². The Morgan fingerprint density at radius 1 is 1.17 bits per heavy atom. The van der Waals surface area contributed by atoms with E-state index in [0.717, 1.165) is 16.2 Å². The van der Waals surface area contributed by atoms with Gasteiger partial charge in [-0.25, -0.2) is 4.79 Å². The minimum atomic E-state index is -4.38. The van der Waals surface area contributed by atoms with E-state index in [1.165, 1.54) is 6.07 Å². The van der Waals surface area contributed by atoms with E-state index >= 15 is 0 Å². The van der Waals surface area contributed by atoms with Crippen molar-refractivity contribution in [3.63, 3.8) is 0 Å². The third-order valence-corrected chi connectivity index (χ3v) is 6.43. The van der Waals surface area contributed by atoms with Crippen molar-refractivity contribution in [1.29, 1.82) is 0 Å². The molecule has 29 heavy (non-hydrogen) atoms. The highest BCUT2D eigenvalue weighted by atomic mass is 32.1. The molecule has 2 N–H and O–H groups in total. The summed E-state index contributed by atoms with van der Waals surface area (Å²) in [5.74, 6) is 1.70. The number of aromatic carboxylic acids is 1. The Morgan fingerprint density at radius 3 is 2.52 bits per heavy atom. The molecule has 0 spiro atoms. The minimum Gasteiger partial charge on any atom is -0.477 e. The topological polar surface area (TPSA) is 57.5 Å². The molecule has 7 heteroatoms. The Kier molecular flexibility index (Phi) is 6.66. The molecule has 3 nitrogen and oxygen atoms in total. The molecule has 2 aromatic rings. The van der Waals surface area contributed by atoms with Crippen molar-refractivity contribution < 1.29 is 28.2 Å². The van der Waals surface area contributed by atoms with Gasteiger partial charge in [0.1, 0.15) is 4.88 Å². The second-order valence-corrected chi connectivity index (χ2v) is 8.41. The van der Waals surface area contributed by atoms with Gasteiger partial charge in [-0.05, 0) is 55.9 Å². The monoisotopic (exact) mass is 422 g/mol. The molecule has 1 unspecified atom stereocenters. The van der Waals surface area contributed by atoms with E-state index in [1.807, 2.05) is 6.07 Å². The number of hydrogen-bond donors (Lipinski definition) is 2. The molecular weight excluding hydrogens is 401 g/mol. The molecule has 1 heterocycles. The van der Waals surface area contributed by atoms with Gasteiger partial charge < -0.3 is 10.2 Å². The number of aryl methyl sites for hydroxylation is 1. The highest BCUT2D eigenvalue weighted by Gasteiger charge is 2.53.